The van der Waals surface area contributed by atoms with E-state index in [-0.39, 0.29) is 24.0 Å². The van der Waals surface area contributed by atoms with E-state index in [0.29, 0.717) is 0 Å². The Bertz CT molecular complexity index is 434. The molecule has 1 aliphatic rings. The van der Waals surface area contributed by atoms with Crippen LogP contribution in [0.25, 0.3) is 0 Å². The Kier molecular flexibility index (Phi) is 7.10. The van der Waals surface area contributed by atoms with Crippen molar-refractivity contribution in [1.82, 2.24) is 4.90 Å². The van der Waals surface area contributed by atoms with Gasteiger partial charge in [0.25, 0.3) is 0 Å². The number of para-hydroxylation sites is 1. The number of rotatable bonds is 1. The van der Waals surface area contributed by atoms with Crippen molar-refractivity contribution in [3.05, 3.63) is 30.3 Å². The number of hydrogen-bond donors (Lipinski definition) is 0. The Morgan fingerprint density at radius 2 is 2.06 bits per heavy atom. The van der Waals surface area contributed by atoms with Crippen molar-refractivity contribution in [2.45, 2.75) is 0 Å². The maximum atomic E-state index is 4.59. The van der Waals surface area contributed by atoms with Gasteiger partial charge in [-0.25, -0.2) is 4.99 Å². The quantitative estimate of drug-likeness (QED) is 0.414. The highest BCUT2D eigenvalue weighted by atomic mass is 127. The van der Waals surface area contributed by atoms with Crippen molar-refractivity contribution in [2.75, 3.05) is 25.6 Å². The smallest absolute Gasteiger partial charge is 0.190 e. The molecule has 6 heteroatoms. The zero-order valence-corrected chi connectivity index (χ0v) is 14.3. The number of thioether (sulfide) groups is 2. The van der Waals surface area contributed by atoms with Crippen LogP contribution in [0, 0.1) is 0 Å². The van der Waals surface area contributed by atoms with Crippen molar-refractivity contribution in [3.63, 3.8) is 0 Å². The molecule has 0 bridgehead atoms. The van der Waals surface area contributed by atoms with Gasteiger partial charge in [0.05, 0.1) is 5.69 Å². The van der Waals surface area contributed by atoms with Gasteiger partial charge in [-0.15, -0.1) is 24.0 Å². The molecule has 0 saturated carbocycles. The average Bonchev–Trinajstić information content (AvgIpc) is 2.75. The Morgan fingerprint density at radius 1 is 1.33 bits per heavy atom. The second-order valence-corrected chi connectivity index (χ2v) is 5.43. The first-order valence-corrected chi connectivity index (χ1v) is 7.61. The first-order chi connectivity index (χ1) is 8.29. The van der Waals surface area contributed by atoms with Crippen molar-refractivity contribution in [2.24, 2.45) is 9.98 Å². The first kappa shape index (κ1) is 15.8. The molecule has 0 aliphatic carbocycles. The summed E-state index contributed by atoms with van der Waals surface area (Å²) in [5.41, 5.74) is 0.951. The maximum absolute atomic E-state index is 4.59. The molecule has 1 saturated heterocycles. The fraction of sp³-hybridized carbons (Fsp3) is 0.333. The Morgan fingerprint density at radius 3 is 2.61 bits per heavy atom. The molecule has 2 rings (SSSR count). The van der Waals surface area contributed by atoms with Crippen LogP contribution in [0.15, 0.2) is 40.3 Å². The largest absolute Gasteiger partial charge is 0.353 e. The van der Waals surface area contributed by atoms with Crippen LogP contribution in [0.2, 0.25) is 0 Å². The van der Waals surface area contributed by atoms with Gasteiger partial charge >= 0.3 is 0 Å². The SMILES string of the molecule is CSC(=Nc1ccccc1)N=C1SCCN1C.I. The number of benzene rings is 1. The van der Waals surface area contributed by atoms with E-state index in [2.05, 4.69) is 21.9 Å². The Hall–Kier alpha value is -0.210. The topological polar surface area (TPSA) is 28.0 Å². The minimum absolute atomic E-state index is 0. The van der Waals surface area contributed by atoms with Crippen LogP contribution < -0.4 is 0 Å². The minimum Gasteiger partial charge on any atom is -0.353 e. The number of halogens is 1. The van der Waals surface area contributed by atoms with Crippen molar-refractivity contribution >= 4 is 63.5 Å². The lowest BCUT2D eigenvalue weighted by Crippen LogP contribution is -2.19. The molecule has 1 aliphatic heterocycles. The molecular weight excluding hydrogens is 377 g/mol. The van der Waals surface area contributed by atoms with Crippen molar-refractivity contribution < 1.29 is 0 Å². The molecule has 0 spiro atoms. The summed E-state index contributed by atoms with van der Waals surface area (Å²) in [5.74, 6) is 1.11. The van der Waals surface area contributed by atoms with Crippen LogP contribution in [0.1, 0.15) is 0 Å². The standard InChI is InChI=1S/C12H15N3S2.HI/c1-15-8-9-17-12(15)14-11(16-2)13-10-6-4-3-5-7-10;/h3-7H,8-9H2,1-2H3;1H. The van der Waals surface area contributed by atoms with Gasteiger partial charge in [0.2, 0.25) is 0 Å². The van der Waals surface area contributed by atoms with Crippen LogP contribution >= 0.6 is 47.5 Å². The molecule has 0 unspecified atom stereocenters. The highest BCUT2D eigenvalue weighted by Gasteiger charge is 2.15. The van der Waals surface area contributed by atoms with Gasteiger partial charge in [-0.05, 0) is 18.4 Å². The zero-order valence-electron chi connectivity index (χ0n) is 10.4. The number of aliphatic imine (C=N–C) groups is 2. The fourth-order valence-corrected chi connectivity index (χ4v) is 2.85. The summed E-state index contributed by atoms with van der Waals surface area (Å²) in [6, 6.07) is 9.94. The molecule has 0 radical (unpaired) electrons. The lowest BCUT2D eigenvalue weighted by molar-refractivity contribution is 0.564. The predicted octanol–water partition coefficient (Wildman–Crippen LogP) is 3.69. The van der Waals surface area contributed by atoms with Crippen molar-refractivity contribution in [1.29, 1.82) is 0 Å². The molecule has 0 atom stereocenters. The molecule has 0 amide bonds. The van der Waals surface area contributed by atoms with E-state index in [9.17, 15) is 0 Å². The third kappa shape index (κ3) is 4.47. The highest BCUT2D eigenvalue weighted by Crippen LogP contribution is 2.19. The van der Waals surface area contributed by atoms with Crippen LogP contribution in [-0.4, -0.2) is 40.8 Å². The molecule has 3 nitrogen and oxygen atoms in total. The maximum Gasteiger partial charge on any atom is 0.190 e. The molecule has 1 fully saturated rings. The summed E-state index contributed by atoms with van der Waals surface area (Å²) >= 11 is 3.36. The molecule has 18 heavy (non-hydrogen) atoms. The van der Waals surface area contributed by atoms with Crippen LogP contribution in [0.5, 0.6) is 0 Å². The normalized spacial score (nSPS) is 18.0. The molecule has 98 valence electrons. The van der Waals surface area contributed by atoms with E-state index >= 15 is 0 Å². The van der Waals surface area contributed by atoms with E-state index in [4.69, 9.17) is 0 Å². The summed E-state index contributed by atoms with van der Waals surface area (Å²) in [4.78, 5) is 11.3. The van der Waals surface area contributed by atoms with E-state index in [1.54, 1.807) is 23.5 Å². The molecule has 1 aromatic rings. The number of hydrogen-bond acceptors (Lipinski definition) is 3. The molecule has 1 aromatic carbocycles. The van der Waals surface area contributed by atoms with Crippen LogP contribution in [0.3, 0.4) is 0 Å². The monoisotopic (exact) mass is 393 g/mol. The van der Waals surface area contributed by atoms with Gasteiger partial charge in [-0.3, -0.25) is 0 Å². The zero-order chi connectivity index (χ0) is 12.1. The van der Waals surface area contributed by atoms with E-state index in [1.165, 1.54) is 0 Å². The molecule has 0 N–H and O–H groups in total. The van der Waals surface area contributed by atoms with Gasteiger partial charge in [0.1, 0.15) is 0 Å². The second kappa shape index (κ2) is 8.06. The predicted molar refractivity (Wildman–Crippen MR) is 95.0 cm³/mol. The molecule has 0 aromatic heterocycles. The lowest BCUT2D eigenvalue weighted by Gasteiger charge is -2.09. The Balaban J connectivity index is 0.00000162. The van der Waals surface area contributed by atoms with E-state index < -0.39 is 0 Å². The average molecular weight is 393 g/mol. The summed E-state index contributed by atoms with van der Waals surface area (Å²) in [6.45, 7) is 1.07. The van der Waals surface area contributed by atoms with Gasteiger partial charge < -0.3 is 4.90 Å². The fourth-order valence-electron chi connectivity index (χ4n) is 1.41. The third-order valence-electron chi connectivity index (χ3n) is 2.34. The summed E-state index contributed by atoms with van der Waals surface area (Å²) < 4.78 is 0. The molecular formula is C12H16IN3S2. The van der Waals surface area contributed by atoms with Crippen molar-refractivity contribution in [3.8, 4) is 0 Å². The number of nitrogens with zero attached hydrogens (tertiary/aromatic N) is 3. The minimum atomic E-state index is 0. The summed E-state index contributed by atoms with van der Waals surface area (Å²) in [7, 11) is 2.07. The second-order valence-electron chi connectivity index (χ2n) is 3.60. The first-order valence-electron chi connectivity index (χ1n) is 5.40. The van der Waals surface area contributed by atoms with Gasteiger partial charge in [0, 0.05) is 19.3 Å². The summed E-state index contributed by atoms with van der Waals surface area (Å²) in [5, 5.41) is 1.88. The van der Waals surface area contributed by atoms with Gasteiger partial charge in [0.15, 0.2) is 10.3 Å². The number of amidine groups is 2. The third-order valence-corrected chi connectivity index (χ3v) is 3.93. The van der Waals surface area contributed by atoms with Crippen LogP contribution in [0.4, 0.5) is 5.69 Å². The van der Waals surface area contributed by atoms with Gasteiger partial charge in [-0.2, -0.15) is 4.99 Å². The Labute approximate surface area is 134 Å². The van der Waals surface area contributed by atoms with E-state index in [0.717, 1.165) is 28.3 Å². The van der Waals surface area contributed by atoms with Crippen LogP contribution in [-0.2, 0) is 0 Å². The summed E-state index contributed by atoms with van der Waals surface area (Å²) in [6.07, 6.45) is 2.01. The highest BCUT2D eigenvalue weighted by molar-refractivity contribution is 14.0. The van der Waals surface area contributed by atoms with E-state index in [1.807, 2.05) is 36.6 Å². The molecule has 1 heterocycles. The lowest BCUT2D eigenvalue weighted by atomic mass is 10.3. The van der Waals surface area contributed by atoms with Gasteiger partial charge in [-0.1, -0.05) is 41.7 Å².